The van der Waals surface area contributed by atoms with Crippen molar-refractivity contribution >= 4 is 11.9 Å². The number of rotatable bonds is 1. The summed E-state index contributed by atoms with van der Waals surface area (Å²) in [7, 11) is 0. The van der Waals surface area contributed by atoms with Crippen LogP contribution in [0.5, 0.6) is 0 Å². The van der Waals surface area contributed by atoms with Gasteiger partial charge in [-0.3, -0.25) is 9.69 Å². The van der Waals surface area contributed by atoms with E-state index in [-0.39, 0.29) is 12.1 Å². The van der Waals surface area contributed by atoms with Gasteiger partial charge in [-0.15, -0.1) is 0 Å². The number of ether oxygens (including phenoxy) is 1. The van der Waals surface area contributed by atoms with E-state index in [0.717, 1.165) is 38.8 Å². The van der Waals surface area contributed by atoms with Gasteiger partial charge in [0.15, 0.2) is 0 Å². The number of piperazine rings is 1. The summed E-state index contributed by atoms with van der Waals surface area (Å²) in [5.41, 5.74) is -0.451. The Morgan fingerprint density at radius 3 is 2.35 bits per heavy atom. The first-order chi connectivity index (χ1) is 9.37. The monoisotopic (exact) mass is 282 g/mol. The van der Waals surface area contributed by atoms with Crippen LogP contribution in [0.3, 0.4) is 0 Å². The standard InChI is InChI=1S/C15H26N2O3/c1-15(2,3)20-14(19)17-10-8-16(9-11-17)12-6-4-5-7-13(12)18/h12H,4-11H2,1-3H3. The van der Waals surface area contributed by atoms with Crippen molar-refractivity contribution in [2.45, 2.75) is 58.1 Å². The molecule has 20 heavy (non-hydrogen) atoms. The summed E-state index contributed by atoms with van der Waals surface area (Å²) in [6.07, 6.45) is 3.63. The van der Waals surface area contributed by atoms with Crippen LogP contribution in [0.25, 0.3) is 0 Å². The molecular formula is C15H26N2O3. The Morgan fingerprint density at radius 1 is 1.15 bits per heavy atom. The number of nitrogens with zero attached hydrogens (tertiary/aromatic N) is 2. The zero-order valence-electron chi connectivity index (χ0n) is 12.9. The van der Waals surface area contributed by atoms with Gasteiger partial charge in [0.1, 0.15) is 11.4 Å². The summed E-state index contributed by atoms with van der Waals surface area (Å²) in [5.74, 6) is 0.377. The van der Waals surface area contributed by atoms with Crippen LogP contribution >= 0.6 is 0 Å². The van der Waals surface area contributed by atoms with E-state index in [2.05, 4.69) is 4.90 Å². The maximum atomic E-state index is 12.0. The van der Waals surface area contributed by atoms with Crippen LogP contribution in [0.1, 0.15) is 46.5 Å². The molecule has 0 aromatic heterocycles. The SMILES string of the molecule is CC(C)(C)OC(=O)N1CCN(C2CCCCC2=O)CC1. The number of carbonyl (C=O) groups is 2. The van der Waals surface area contributed by atoms with Crippen molar-refractivity contribution in [3.63, 3.8) is 0 Å². The summed E-state index contributed by atoms with van der Waals surface area (Å²) in [6, 6.07) is 0.0875. The molecule has 0 aromatic carbocycles. The zero-order valence-corrected chi connectivity index (χ0v) is 12.9. The molecule has 1 atom stereocenters. The van der Waals surface area contributed by atoms with Crippen LogP contribution < -0.4 is 0 Å². The highest BCUT2D eigenvalue weighted by Gasteiger charge is 2.32. The molecule has 5 nitrogen and oxygen atoms in total. The van der Waals surface area contributed by atoms with Gasteiger partial charge < -0.3 is 9.64 Å². The lowest BCUT2D eigenvalue weighted by Gasteiger charge is -2.40. The quantitative estimate of drug-likeness (QED) is 0.738. The van der Waals surface area contributed by atoms with E-state index in [1.54, 1.807) is 4.90 Å². The Kier molecular flexibility index (Phi) is 4.68. The Balaban J connectivity index is 1.83. The molecule has 1 aliphatic heterocycles. The molecule has 0 N–H and O–H groups in total. The van der Waals surface area contributed by atoms with Crippen LogP contribution in [-0.4, -0.2) is 59.5 Å². The minimum absolute atomic E-state index is 0.0875. The first-order valence-electron chi connectivity index (χ1n) is 7.61. The number of carbonyl (C=O) groups excluding carboxylic acids is 2. The molecule has 114 valence electrons. The lowest BCUT2D eigenvalue weighted by atomic mass is 9.92. The second kappa shape index (κ2) is 6.12. The van der Waals surface area contributed by atoms with Crippen molar-refractivity contribution < 1.29 is 14.3 Å². The van der Waals surface area contributed by atoms with Crippen LogP contribution in [0.2, 0.25) is 0 Å². The first kappa shape index (κ1) is 15.3. The number of amides is 1. The molecule has 2 aliphatic rings. The molecule has 1 aliphatic carbocycles. The molecule has 1 heterocycles. The third-order valence-electron chi connectivity index (χ3n) is 3.93. The van der Waals surface area contributed by atoms with Gasteiger partial charge in [0.25, 0.3) is 0 Å². The fourth-order valence-electron chi connectivity index (χ4n) is 2.89. The maximum absolute atomic E-state index is 12.0. The summed E-state index contributed by atoms with van der Waals surface area (Å²) >= 11 is 0. The van der Waals surface area contributed by atoms with E-state index in [4.69, 9.17) is 4.74 Å². The third kappa shape index (κ3) is 3.95. The van der Waals surface area contributed by atoms with Gasteiger partial charge in [0.05, 0.1) is 6.04 Å². The zero-order chi connectivity index (χ0) is 14.8. The first-order valence-corrected chi connectivity index (χ1v) is 7.61. The van der Waals surface area contributed by atoms with Gasteiger partial charge in [0, 0.05) is 32.6 Å². The van der Waals surface area contributed by atoms with Crippen molar-refractivity contribution in [1.29, 1.82) is 0 Å². The molecule has 0 bridgehead atoms. The second-order valence-electron chi connectivity index (χ2n) is 6.73. The Hall–Kier alpha value is -1.10. The topological polar surface area (TPSA) is 49.9 Å². The Morgan fingerprint density at radius 2 is 1.80 bits per heavy atom. The minimum atomic E-state index is -0.451. The van der Waals surface area contributed by atoms with Crippen molar-refractivity contribution in [1.82, 2.24) is 9.80 Å². The molecule has 5 heteroatoms. The van der Waals surface area contributed by atoms with Gasteiger partial charge in [-0.05, 0) is 33.6 Å². The van der Waals surface area contributed by atoms with Gasteiger partial charge in [-0.25, -0.2) is 4.79 Å². The van der Waals surface area contributed by atoms with Gasteiger partial charge in [-0.1, -0.05) is 6.42 Å². The number of Topliss-reactive ketones (excluding diaryl/α,β-unsaturated/α-hetero) is 1. The predicted octanol–water partition coefficient (Wildman–Crippen LogP) is 2.05. The lowest BCUT2D eigenvalue weighted by molar-refractivity contribution is -0.126. The predicted molar refractivity (Wildman–Crippen MR) is 76.6 cm³/mol. The highest BCUT2D eigenvalue weighted by atomic mass is 16.6. The normalized spacial score (nSPS) is 25.6. The summed E-state index contributed by atoms with van der Waals surface area (Å²) in [6.45, 7) is 8.48. The molecule has 2 fully saturated rings. The van der Waals surface area contributed by atoms with E-state index < -0.39 is 5.60 Å². The largest absolute Gasteiger partial charge is 0.444 e. The van der Waals surface area contributed by atoms with E-state index in [9.17, 15) is 9.59 Å². The minimum Gasteiger partial charge on any atom is -0.444 e. The van der Waals surface area contributed by atoms with Crippen molar-refractivity contribution in [2.75, 3.05) is 26.2 Å². The number of hydrogen-bond donors (Lipinski definition) is 0. The van der Waals surface area contributed by atoms with E-state index in [1.165, 1.54) is 0 Å². The van der Waals surface area contributed by atoms with E-state index in [0.29, 0.717) is 18.9 Å². The molecular weight excluding hydrogens is 256 g/mol. The fourth-order valence-corrected chi connectivity index (χ4v) is 2.89. The van der Waals surface area contributed by atoms with Crippen LogP contribution in [0.15, 0.2) is 0 Å². The molecule has 0 aromatic rings. The molecule has 0 spiro atoms. The fraction of sp³-hybridized carbons (Fsp3) is 0.867. The smallest absolute Gasteiger partial charge is 0.410 e. The summed E-state index contributed by atoms with van der Waals surface area (Å²) < 4.78 is 5.38. The molecule has 1 amide bonds. The van der Waals surface area contributed by atoms with Gasteiger partial charge in [-0.2, -0.15) is 0 Å². The number of ketones is 1. The van der Waals surface area contributed by atoms with E-state index in [1.807, 2.05) is 20.8 Å². The van der Waals surface area contributed by atoms with Crippen LogP contribution in [-0.2, 0) is 9.53 Å². The van der Waals surface area contributed by atoms with Crippen molar-refractivity contribution in [2.24, 2.45) is 0 Å². The highest BCUT2D eigenvalue weighted by Crippen LogP contribution is 2.21. The summed E-state index contributed by atoms with van der Waals surface area (Å²) in [5, 5.41) is 0. The van der Waals surface area contributed by atoms with Gasteiger partial charge in [0.2, 0.25) is 0 Å². The molecule has 0 radical (unpaired) electrons. The maximum Gasteiger partial charge on any atom is 0.410 e. The second-order valence-corrected chi connectivity index (χ2v) is 6.73. The molecule has 1 unspecified atom stereocenters. The Bertz CT molecular complexity index is 368. The van der Waals surface area contributed by atoms with Crippen LogP contribution in [0.4, 0.5) is 4.79 Å². The highest BCUT2D eigenvalue weighted by molar-refractivity contribution is 5.84. The Labute approximate surface area is 121 Å². The lowest BCUT2D eigenvalue weighted by Crippen LogP contribution is -2.55. The molecule has 1 saturated heterocycles. The number of hydrogen-bond acceptors (Lipinski definition) is 4. The van der Waals surface area contributed by atoms with Gasteiger partial charge >= 0.3 is 6.09 Å². The van der Waals surface area contributed by atoms with E-state index >= 15 is 0 Å². The average Bonchev–Trinajstić information content (AvgIpc) is 2.37. The molecule has 2 rings (SSSR count). The van der Waals surface area contributed by atoms with Crippen molar-refractivity contribution in [3.05, 3.63) is 0 Å². The third-order valence-corrected chi connectivity index (χ3v) is 3.93. The molecule has 1 saturated carbocycles. The van der Waals surface area contributed by atoms with Crippen molar-refractivity contribution in [3.8, 4) is 0 Å². The van der Waals surface area contributed by atoms with Crippen LogP contribution in [0, 0.1) is 0 Å². The summed E-state index contributed by atoms with van der Waals surface area (Å²) in [4.78, 5) is 27.9. The average molecular weight is 282 g/mol.